The van der Waals surface area contributed by atoms with E-state index in [9.17, 15) is 14.7 Å². The molecule has 0 spiro atoms. The van der Waals surface area contributed by atoms with Crippen molar-refractivity contribution in [3.05, 3.63) is 0 Å². The van der Waals surface area contributed by atoms with Crippen molar-refractivity contribution in [1.29, 1.82) is 0 Å². The maximum absolute atomic E-state index is 12.5. The lowest BCUT2D eigenvalue weighted by Gasteiger charge is -2.23. The second-order valence-corrected chi connectivity index (χ2v) is 8.90. The second kappa shape index (κ2) is 18.9. The summed E-state index contributed by atoms with van der Waals surface area (Å²) < 4.78 is 0. The number of hydrogen-bond acceptors (Lipinski definition) is 3. The molecular formula is C24H48N2O3. The van der Waals surface area contributed by atoms with Crippen molar-refractivity contribution in [2.45, 2.75) is 117 Å². The molecule has 0 aromatic rings. The van der Waals surface area contributed by atoms with Crippen molar-refractivity contribution in [2.24, 2.45) is 5.92 Å². The third-order valence-corrected chi connectivity index (χ3v) is 5.36. The van der Waals surface area contributed by atoms with E-state index in [1.165, 1.54) is 64.2 Å². The summed E-state index contributed by atoms with van der Waals surface area (Å²) in [6.45, 7) is 10.6. The first kappa shape index (κ1) is 27.9. The molecule has 0 aromatic carbocycles. The summed E-state index contributed by atoms with van der Waals surface area (Å²) in [6.07, 6.45) is 15.3. The summed E-state index contributed by atoms with van der Waals surface area (Å²) in [7, 11) is 0. The minimum Gasteiger partial charge on any atom is -0.480 e. The maximum Gasteiger partial charge on any atom is 0.326 e. The van der Waals surface area contributed by atoms with Crippen LogP contribution in [0.2, 0.25) is 0 Å². The molecule has 0 saturated carbocycles. The number of carboxylic acids is 1. The van der Waals surface area contributed by atoms with Gasteiger partial charge >= 0.3 is 5.97 Å². The van der Waals surface area contributed by atoms with Gasteiger partial charge < -0.3 is 10.4 Å². The normalized spacial score (nSPS) is 12.5. The fourth-order valence-corrected chi connectivity index (χ4v) is 3.64. The average molecular weight is 413 g/mol. The van der Waals surface area contributed by atoms with Gasteiger partial charge in [-0.3, -0.25) is 9.69 Å². The molecule has 0 aromatic heterocycles. The van der Waals surface area contributed by atoms with Crippen LogP contribution < -0.4 is 5.32 Å². The highest BCUT2D eigenvalue weighted by molar-refractivity contribution is 5.84. The molecule has 0 aliphatic heterocycles. The maximum atomic E-state index is 12.5. The van der Waals surface area contributed by atoms with Crippen LogP contribution in [0.25, 0.3) is 0 Å². The Kier molecular flexibility index (Phi) is 18.2. The van der Waals surface area contributed by atoms with Gasteiger partial charge in [-0.05, 0) is 38.3 Å². The highest BCUT2D eigenvalue weighted by atomic mass is 16.4. The second-order valence-electron chi connectivity index (χ2n) is 8.90. The van der Waals surface area contributed by atoms with E-state index < -0.39 is 12.0 Å². The van der Waals surface area contributed by atoms with Gasteiger partial charge in [-0.25, -0.2) is 4.79 Å². The molecule has 5 heteroatoms. The molecule has 1 amide bonds. The largest absolute Gasteiger partial charge is 0.480 e. The number of carboxylic acid groups (broad SMARTS) is 1. The topological polar surface area (TPSA) is 69.6 Å². The minimum atomic E-state index is -0.939. The Morgan fingerprint density at radius 3 is 1.66 bits per heavy atom. The van der Waals surface area contributed by atoms with Crippen LogP contribution in [0, 0.1) is 5.92 Å². The van der Waals surface area contributed by atoms with Crippen LogP contribution in [0.15, 0.2) is 0 Å². The van der Waals surface area contributed by atoms with Gasteiger partial charge in [-0.2, -0.15) is 0 Å². The molecule has 0 aliphatic carbocycles. The number of nitrogens with zero attached hydrogens (tertiary/aromatic N) is 1. The van der Waals surface area contributed by atoms with Gasteiger partial charge in [0.05, 0.1) is 6.54 Å². The molecular weight excluding hydrogens is 364 g/mol. The van der Waals surface area contributed by atoms with Gasteiger partial charge in [-0.15, -0.1) is 0 Å². The quantitative estimate of drug-likeness (QED) is 0.254. The zero-order valence-electron chi connectivity index (χ0n) is 19.7. The van der Waals surface area contributed by atoms with Crippen molar-refractivity contribution < 1.29 is 14.7 Å². The smallest absolute Gasteiger partial charge is 0.326 e. The Morgan fingerprint density at radius 2 is 1.24 bits per heavy atom. The molecule has 0 bridgehead atoms. The summed E-state index contributed by atoms with van der Waals surface area (Å²) in [5.41, 5.74) is 0. The summed E-state index contributed by atoms with van der Waals surface area (Å²) in [6, 6.07) is -0.785. The monoisotopic (exact) mass is 412 g/mol. The fourth-order valence-electron chi connectivity index (χ4n) is 3.64. The van der Waals surface area contributed by atoms with E-state index in [0.29, 0.717) is 13.0 Å². The van der Waals surface area contributed by atoms with Crippen molar-refractivity contribution in [1.82, 2.24) is 10.2 Å². The fraction of sp³-hybridized carbons (Fsp3) is 0.917. The van der Waals surface area contributed by atoms with E-state index in [2.05, 4.69) is 24.1 Å². The molecule has 172 valence electrons. The van der Waals surface area contributed by atoms with E-state index in [1.807, 2.05) is 13.8 Å². The number of nitrogens with one attached hydrogen (secondary N) is 1. The summed E-state index contributed by atoms with van der Waals surface area (Å²) in [5.74, 6) is -0.862. The van der Waals surface area contributed by atoms with Gasteiger partial charge in [0, 0.05) is 0 Å². The van der Waals surface area contributed by atoms with Crippen LogP contribution in [0.5, 0.6) is 0 Å². The van der Waals surface area contributed by atoms with Crippen molar-refractivity contribution in [3.63, 3.8) is 0 Å². The van der Waals surface area contributed by atoms with E-state index in [4.69, 9.17) is 0 Å². The summed E-state index contributed by atoms with van der Waals surface area (Å²) in [5, 5.41) is 12.1. The van der Waals surface area contributed by atoms with Crippen LogP contribution in [-0.2, 0) is 9.59 Å². The molecule has 0 rings (SSSR count). The molecule has 0 heterocycles. The van der Waals surface area contributed by atoms with E-state index in [0.717, 1.165) is 25.9 Å². The number of unbranched alkanes of at least 4 members (excludes halogenated alkanes) is 10. The van der Waals surface area contributed by atoms with Gasteiger partial charge in [0.1, 0.15) is 6.04 Å². The van der Waals surface area contributed by atoms with Crippen molar-refractivity contribution >= 4 is 11.9 Å². The molecule has 0 fully saturated rings. The van der Waals surface area contributed by atoms with Crippen LogP contribution in [0.1, 0.15) is 111 Å². The number of aliphatic carboxylic acids is 1. The first-order valence-electron chi connectivity index (χ1n) is 12.1. The first-order chi connectivity index (χ1) is 13.9. The standard InChI is InChI=1S/C24H48N2O3/c1-5-7-9-11-13-15-17-26(18-16-14-12-10-8-6-2)20-23(27)25-22(24(28)29)19-21(3)4/h21-22H,5-20H2,1-4H3,(H,25,27)(H,28,29)/t22-/m0/s1. The molecule has 0 aliphatic rings. The van der Waals surface area contributed by atoms with E-state index >= 15 is 0 Å². The van der Waals surface area contributed by atoms with Crippen molar-refractivity contribution in [3.8, 4) is 0 Å². The van der Waals surface area contributed by atoms with Gasteiger partial charge in [0.15, 0.2) is 0 Å². The zero-order chi connectivity index (χ0) is 21.9. The Morgan fingerprint density at radius 1 is 0.793 bits per heavy atom. The van der Waals surface area contributed by atoms with E-state index in [-0.39, 0.29) is 11.8 Å². The predicted octanol–water partition coefficient (Wildman–Crippen LogP) is 5.62. The molecule has 0 saturated heterocycles. The summed E-state index contributed by atoms with van der Waals surface area (Å²) in [4.78, 5) is 26.1. The molecule has 0 radical (unpaired) electrons. The highest BCUT2D eigenvalue weighted by Gasteiger charge is 2.22. The van der Waals surface area contributed by atoms with Gasteiger partial charge in [-0.1, -0.05) is 91.9 Å². The predicted molar refractivity (Wildman–Crippen MR) is 122 cm³/mol. The SMILES string of the molecule is CCCCCCCCN(CCCCCCCC)CC(=O)N[C@@H](CC(C)C)C(=O)O. The first-order valence-corrected chi connectivity index (χ1v) is 12.1. The van der Waals surface area contributed by atoms with Crippen LogP contribution in [-0.4, -0.2) is 47.6 Å². The number of amides is 1. The molecule has 1 atom stereocenters. The van der Waals surface area contributed by atoms with E-state index in [1.54, 1.807) is 0 Å². The molecule has 2 N–H and O–H groups in total. The Hall–Kier alpha value is -1.10. The molecule has 5 nitrogen and oxygen atoms in total. The third-order valence-electron chi connectivity index (χ3n) is 5.36. The third kappa shape index (κ3) is 17.5. The summed E-state index contributed by atoms with van der Waals surface area (Å²) >= 11 is 0. The van der Waals surface area contributed by atoms with Gasteiger partial charge in [0.2, 0.25) is 5.91 Å². The van der Waals surface area contributed by atoms with Crippen molar-refractivity contribution in [2.75, 3.05) is 19.6 Å². The van der Waals surface area contributed by atoms with Crippen LogP contribution in [0.4, 0.5) is 0 Å². The number of rotatable bonds is 20. The lowest BCUT2D eigenvalue weighted by molar-refractivity contribution is -0.142. The Labute approximate surface area is 180 Å². The molecule has 29 heavy (non-hydrogen) atoms. The Balaban J connectivity index is 4.43. The number of carbonyl (C=O) groups excluding carboxylic acids is 1. The van der Waals surface area contributed by atoms with Gasteiger partial charge in [0.25, 0.3) is 0 Å². The van der Waals surface area contributed by atoms with Crippen LogP contribution >= 0.6 is 0 Å². The number of hydrogen-bond donors (Lipinski definition) is 2. The average Bonchev–Trinajstić information content (AvgIpc) is 2.66. The highest BCUT2D eigenvalue weighted by Crippen LogP contribution is 2.10. The Bertz CT molecular complexity index is 397. The van der Waals surface area contributed by atoms with Crippen LogP contribution in [0.3, 0.4) is 0 Å². The zero-order valence-corrected chi connectivity index (χ0v) is 19.7. The minimum absolute atomic E-state index is 0.157. The molecule has 0 unspecified atom stereocenters. The lowest BCUT2D eigenvalue weighted by Crippen LogP contribution is -2.46. The lowest BCUT2D eigenvalue weighted by atomic mass is 10.0. The number of carbonyl (C=O) groups is 2.